The minimum absolute atomic E-state index is 0.229. The number of carbonyl (C=O) groups is 3. The lowest BCUT2D eigenvalue weighted by atomic mass is 10.2. The quantitative estimate of drug-likeness (QED) is 0.206. The van der Waals surface area contributed by atoms with E-state index in [-0.39, 0.29) is 18.2 Å². The zero-order valence-electron chi connectivity index (χ0n) is 16.8. The molecule has 2 aromatic carbocycles. The molecule has 1 aromatic heterocycles. The number of benzene rings is 2. The number of carbonyl (C=O) groups excluding carboxylic acids is 3. The van der Waals surface area contributed by atoms with Gasteiger partial charge in [0.2, 0.25) is 0 Å². The predicted molar refractivity (Wildman–Crippen MR) is 124 cm³/mol. The summed E-state index contributed by atoms with van der Waals surface area (Å²) in [6.45, 7) is -0.229. The Morgan fingerprint density at radius 1 is 1.09 bits per heavy atom. The number of nitrogens with one attached hydrogen (secondary N) is 2. The number of hydrazone groups is 1. The summed E-state index contributed by atoms with van der Waals surface area (Å²) in [5.41, 5.74) is 3.38. The number of esters is 1. The third kappa shape index (κ3) is 6.50. The molecule has 2 amide bonds. The summed E-state index contributed by atoms with van der Waals surface area (Å²) in [6, 6.07) is 15.0. The van der Waals surface area contributed by atoms with Gasteiger partial charge in [-0.05, 0) is 59.5 Å². The second-order valence-corrected chi connectivity index (χ2v) is 8.12. The van der Waals surface area contributed by atoms with Crippen molar-refractivity contribution in [1.82, 2.24) is 10.7 Å². The molecule has 2 N–H and O–H groups in total. The van der Waals surface area contributed by atoms with Gasteiger partial charge in [-0.2, -0.15) is 5.10 Å². The molecule has 0 bridgehead atoms. The Kier molecular flexibility index (Phi) is 8.12. The first-order valence-corrected chi connectivity index (χ1v) is 10.9. The molecular formula is C22H18BrN3O5S. The first-order chi connectivity index (χ1) is 15.5. The van der Waals surface area contributed by atoms with E-state index in [0.717, 1.165) is 4.47 Å². The fourth-order valence-electron chi connectivity index (χ4n) is 2.48. The molecule has 0 radical (unpaired) electrons. The Bertz CT molecular complexity index is 1130. The summed E-state index contributed by atoms with van der Waals surface area (Å²) in [6.07, 6.45) is 1.40. The number of methoxy groups -OCH3 is 1. The van der Waals surface area contributed by atoms with Gasteiger partial charge in [0.15, 0.2) is 11.5 Å². The van der Waals surface area contributed by atoms with Gasteiger partial charge < -0.3 is 14.8 Å². The SMILES string of the molecule is COc1cc(C=NNC(=O)CNC(=O)c2ccc(Br)cc2)ccc1OC(=O)c1cccs1. The molecule has 0 unspecified atom stereocenters. The summed E-state index contributed by atoms with van der Waals surface area (Å²) in [5, 5.41) is 8.17. The Morgan fingerprint density at radius 2 is 1.88 bits per heavy atom. The standard InChI is InChI=1S/C22H18BrN3O5S/c1-30-18-11-14(4-9-17(18)31-22(29)19-3-2-10-32-19)12-25-26-20(27)13-24-21(28)15-5-7-16(23)8-6-15/h2-12H,13H2,1H3,(H,24,28)(H,26,27). The van der Waals surface area contributed by atoms with Crippen molar-refractivity contribution in [2.24, 2.45) is 5.10 Å². The van der Waals surface area contributed by atoms with Gasteiger partial charge in [0.05, 0.1) is 19.9 Å². The van der Waals surface area contributed by atoms with Crippen molar-refractivity contribution in [3.8, 4) is 11.5 Å². The number of hydrogen-bond donors (Lipinski definition) is 2. The van der Waals surface area contributed by atoms with Crippen LogP contribution >= 0.6 is 27.3 Å². The Hall–Kier alpha value is -3.50. The highest BCUT2D eigenvalue weighted by molar-refractivity contribution is 9.10. The van der Waals surface area contributed by atoms with Crippen LogP contribution in [0.3, 0.4) is 0 Å². The number of rotatable bonds is 8. The van der Waals surface area contributed by atoms with E-state index in [1.165, 1.54) is 24.7 Å². The number of ether oxygens (including phenoxy) is 2. The van der Waals surface area contributed by atoms with Crippen molar-refractivity contribution < 1.29 is 23.9 Å². The maximum Gasteiger partial charge on any atom is 0.353 e. The minimum atomic E-state index is -0.486. The molecule has 10 heteroatoms. The van der Waals surface area contributed by atoms with Crippen molar-refractivity contribution in [1.29, 1.82) is 0 Å². The highest BCUT2D eigenvalue weighted by atomic mass is 79.9. The van der Waals surface area contributed by atoms with E-state index >= 15 is 0 Å². The topological polar surface area (TPSA) is 106 Å². The van der Waals surface area contributed by atoms with Crippen LogP contribution in [0.5, 0.6) is 11.5 Å². The van der Waals surface area contributed by atoms with Crippen LogP contribution in [0.15, 0.2) is 69.6 Å². The van der Waals surface area contributed by atoms with Crippen LogP contribution in [0, 0.1) is 0 Å². The van der Waals surface area contributed by atoms with Gasteiger partial charge in [-0.1, -0.05) is 22.0 Å². The van der Waals surface area contributed by atoms with E-state index in [1.54, 1.807) is 60.0 Å². The molecule has 3 aromatic rings. The normalized spacial score (nSPS) is 10.6. The van der Waals surface area contributed by atoms with Gasteiger partial charge in [0, 0.05) is 10.0 Å². The van der Waals surface area contributed by atoms with Crippen LogP contribution < -0.4 is 20.2 Å². The second kappa shape index (κ2) is 11.2. The van der Waals surface area contributed by atoms with Gasteiger partial charge in [-0.15, -0.1) is 11.3 Å². The summed E-state index contributed by atoms with van der Waals surface area (Å²) in [7, 11) is 1.45. The molecule has 3 rings (SSSR count). The fraction of sp³-hybridized carbons (Fsp3) is 0.0909. The zero-order chi connectivity index (χ0) is 22.9. The monoisotopic (exact) mass is 515 g/mol. The van der Waals surface area contributed by atoms with E-state index in [9.17, 15) is 14.4 Å². The van der Waals surface area contributed by atoms with Crippen molar-refractivity contribution in [2.75, 3.05) is 13.7 Å². The number of amides is 2. The van der Waals surface area contributed by atoms with Gasteiger partial charge in [0.25, 0.3) is 11.8 Å². The van der Waals surface area contributed by atoms with Gasteiger partial charge >= 0.3 is 5.97 Å². The first kappa shape index (κ1) is 23.2. The van der Waals surface area contributed by atoms with Crippen LogP contribution in [0.25, 0.3) is 0 Å². The molecule has 32 heavy (non-hydrogen) atoms. The van der Waals surface area contributed by atoms with Crippen molar-refractivity contribution >= 4 is 51.3 Å². The molecule has 0 saturated carbocycles. The third-order valence-electron chi connectivity index (χ3n) is 4.03. The molecule has 0 aliphatic rings. The summed E-state index contributed by atoms with van der Waals surface area (Å²) >= 11 is 4.58. The van der Waals surface area contributed by atoms with Gasteiger partial charge in [0.1, 0.15) is 4.88 Å². The molecule has 0 atom stereocenters. The van der Waals surface area contributed by atoms with E-state index < -0.39 is 11.9 Å². The Labute approximate surface area is 196 Å². The number of thiophene rings is 1. The minimum Gasteiger partial charge on any atom is -0.493 e. The van der Waals surface area contributed by atoms with Crippen molar-refractivity contribution in [2.45, 2.75) is 0 Å². The third-order valence-corrected chi connectivity index (χ3v) is 5.41. The summed E-state index contributed by atoms with van der Waals surface area (Å²) in [4.78, 5) is 36.5. The molecule has 0 saturated heterocycles. The van der Waals surface area contributed by atoms with Crippen molar-refractivity contribution in [3.05, 3.63) is 80.5 Å². The molecular weight excluding hydrogens is 498 g/mol. The average molecular weight is 516 g/mol. The molecule has 164 valence electrons. The maximum absolute atomic E-state index is 12.1. The Morgan fingerprint density at radius 3 is 2.56 bits per heavy atom. The van der Waals surface area contributed by atoms with Gasteiger partial charge in [-0.25, -0.2) is 10.2 Å². The molecule has 0 fully saturated rings. The summed E-state index contributed by atoms with van der Waals surface area (Å²) in [5.74, 6) is -0.721. The lowest BCUT2D eigenvalue weighted by molar-refractivity contribution is -0.120. The average Bonchev–Trinajstić information content (AvgIpc) is 3.34. The van der Waals surface area contributed by atoms with E-state index in [0.29, 0.717) is 21.8 Å². The first-order valence-electron chi connectivity index (χ1n) is 9.25. The molecule has 0 aliphatic heterocycles. The summed E-state index contributed by atoms with van der Waals surface area (Å²) < 4.78 is 11.5. The lowest BCUT2D eigenvalue weighted by Gasteiger charge is -2.09. The van der Waals surface area contributed by atoms with Crippen LogP contribution in [-0.2, 0) is 4.79 Å². The lowest BCUT2D eigenvalue weighted by Crippen LogP contribution is -2.34. The van der Waals surface area contributed by atoms with Crippen molar-refractivity contribution in [3.63, 3.8) is 0 Å². The molecule has 0 aliphatic carbocycles. The fourth-order valence-corrected chi connectivity index (χ4v) is 3.34. The molecule has 1 heterocycles. The largest absolute Gasteiger partial charge is 0.493 e. The van der Waals surface area contributed by atoms with E-state index in [4.69, 9.17) is 9.47 Å². The number of nitrogens with zero attached hydrogens (tertiary/aromatic N) is 1. The highest BCUT2D eigenvalue weighted by Crippen LogP contribution is 2.28. The van der Waals surface area contributed by atoms with E-state index in [2.05, 4.69) is 31.8 Å². The second-order valence-electron chi connectivity index (χ2n) is 6.26. The predicted octanol–water partition coefficient (Wildman–Crippen LogP) is 3.62. The maximum atomic E-state index is 12.1. The Balaban J connectivity index is 1.52. The van der Waals surface area contributed by atoms with Crippen LogP contribution in [0.2, 0.25) is 0 Å². The molecule has 8 nitrogen and oxygen atoms in total. The van der Waals surface area contributed by atoms with E-state index in [1.807, 2.05) is 0 Å². The van der Waals surface area contributed by atoms with Crippen LogP contribution in [-0.4, -0.2) is 37.7 Å². The zero-order valence-corrected chi connectivity index (χ0v) is 19.2. The van der Waals surface area contributed by atoms with Gasteiger partial charge in [-0.3, -0.25) is 9.59 Å². The molecule has 0 spiro atoms. The highest BCUT2D eigenvalue weighted by Gasteiger charge is 2.13. The smallest absolute Gasteiger partial charge is 0.353 e. The van der Waals surface area contributed by atoms with Crippen LogP contribution in [0.1, 0.15) is 25.6 Å². The number of halogens is 1. The number of hydrogen-bond acceptors (Lipinski definition) is 7. The van der Waals surface area contributed by atoms with Crippen LogP contribution in [0.4, 0.5) is 0 Å².